The minimum absolute atomic E-state index is 0.233. The van der Waals surface area contributed by atoms with Crippen LogP contribution in [0.4, 0.5) is 34.1 Å². The van der Waals surface area contributed by atoms with Crippen LogP contribution in [0, 0.1) is 0 Å². The van der Waals surface area contributed by atoms with Crippen molar-refractivity contribution in [2.75, 3.05) is 9.80 Å². The molecule has 0 atom stereocenters. The van der Waals surface area contributed by atoms with E-state index >= 15 is 0 Å². The predicted molar refractivity (Wildman–Crippen MR) is 491 cm³/mol. The van der Waals surface area contributed by atoms with Crippen LogP contribution in [0.1, 0.15) is 91.7 Å². The fourth-order valence-corrected chi connectivity index (χ4v) is 21.8. The van der Waals surface area contributed by atoms with Crippen molar-refractivity contribution in [3.05, 3.63) is 527 Å². The van der Waals surface area contributed by atoms with Gasteiger partial charge in [-0.1, -0.05) is 378 Å². The van der Waals surface area contributed by atoms with E-state index in [-0.39, 0.29) is 5.41 Å². The molecule has 554 valence electrons. The van der Waals surface area contributed by atoms with Crippen molar-refractivity contribution in [3.63, 3.8) is 0 Å². The number of anilines is 6. The normalized spacial score (nSPS) is 14.1. The van der Waals surface area contributed by atoms with E-state index in [1.165, 1.54) is 122 Å². The van der Waals surface area contributed by atoms with E-state index in [4.69, 9.17) is 0 Å². The van der Waals surface area contributed by atoms with Crippen molar-refractivity contribution >= 4 is 55.7 Å². The molecule has 0 aliphatic heterocycles. The molecule has 0 saturated heterocycles. The van der Waals surface area contributed by atoms with E-state index in [1.54, 1.807) is 0 Å². The molecule has 0 radical (unpaired) electrons. The van der Waals surface area contributed by atoms with Crippen LogP contribution in [0.2, 0.25) is 0 Å². The highest BCUT2D eigenvalue weighted by molar-refractivity contribution is 6.23. The van der Waals surface area contributed by atoms with Gasteiger partial charge in [0.1, 0.15) is 0 Å². The third-order valence-electron chi connectivity index (χ3n) is 26.6. The summed E-state index contributed by atoms with van der Waals surface area (Å²) >= 11 is 0. The van der Waals surface area contributed by atoms with Gasteiger partial charge in [0.05, 0.1) is 16.2 Å². The van der Waals surface area contributed by atoms with Gasteiger partial charge >= 0.3 is 0 Å². The zero-order valence-electron chi connectivity index (χ0n) is 65.6. The molecular weight excluding hydrogens is 1420 g/mol. The van der Waals surface area contributed by atoms with Gasteiger partial charge in [-0.05, 0) is 251 Å². The Morgan fingerprint density at radius 3 is 0.737 bits per heavy atom. The number of rotatable bonds is 14. The molecule has 0 amide bonds. The molecule has 0 fully saturated rings. The smallest absolute Gasteiger partial charge is 0.0714 e. The molecule has 0 N–H and O–H groups in total. The van der Waals surface area contributed by atoms with Crippen molar-refractivity contribution in [1.29, 1.82) is 0 Å². The van der Waals surface area contributed by atoms with Crippen LogP contribution in [-0.2, 0) is 21.7 Å². The molecule has 4 aliphatic rings. The topological polar surface area (TPSA) is 6.48 Å². The summed E-state index contributed by atoms with van der Waals surface area (Å²) in [5.41, 5.74) is 36.3. The molecule has 0 spiro atoms. The van der Waals surface area contributed by atoms with Crippen molar-refractivity contribution in [1.82, 2.24) is 0 Å². The van der Waals surface area contributed by atoms with E-state index in [9.17, 15) is 0 Å². The van der Waals surface area contributed by atoms with Crippen molar-refractivity contribution < 1.29 is 0 Å². The fraction of sp³-hybridized carbons (Fsp3) is 0.0517. The Hall–Kier alpha value is -14.7. The van der Waals surface area contributed by atoms with Gasteiger partial charge < -0.3 is 9.80 Å². The lowest BCUT2D eigenvalue weighted by atomic mass is 9.67. The maximum Gasteiger partial charge on any atom is 0.0714 e. The van der Waals surface area contributed by atoms with E-state index < -0.39 is 16.2 Å². The van der Waals surface area contributed by atoms with Gasteiger partial charge in [-0.3, -0.25) is 0 Å². The molecule has 0 aromatic heterocycles. The van der Waals surface area contributed by atoms with Gasteiger partial charge in [-0.2, -0.15) is 0 Å². The number of hydrogen-bond acceptors (Lipinski definition) is 2. The van der Waals surface area contributed by atoms with Crippen LogP contribution < -0.4 is 9.80 Å². The van der Waals surface area contributed by atoms with Crippen LogP contribution in [0.15, 0.2) is 449 Å². The Bertz CT molecular complexity index is 6880. The number of fused-ring (bicyclic) bond motifs is 14. The van der Waals surface area contributed by atoms with Gasteiger partial charge in [0.2, 0.25) is 0 Å². The molecule has 4 aliphatic carbocycles. The van der Waals surface area contributed by atoms with Crippen molar-refractivity contribution in [2.45, 2.75) is 35.5 Å². The zero-order valence-corrected chi connectivity index (χ0v) is 65.6. The largest absolute Gasteiger partial charge is 0.310 e. The minimum Gasteiger partial charge on any atom is -0.310 e. The summed E-state index contributed by atoms with van der Waals surface area (Å²) in [4.78, 5) is 5.02. The quantitative estimate of drug-likeness (QED) is 0.100. The van der Waals surface area contributed by atoms with Crippen LogP contribution in [-0.4, -0.2) is 0 Å². The third kappa shape index (κ3) is 10.00. The average Bonchev–Trinajstić information content (AvgIpc) is 1.45. The van der Waals surface area contributed by atoms with Crippen molar-refractivity contribution in [3.8, 4) is 66.8 Å². The van der Waals surface area contributed by atoms with Crippen molar-refractivity contribution in [2.24, 2.45) is 0 Å². The number of hydrogen-bond donors (Lipinski definition) is 0. The first-order valence-corrected chi connectivity index (χ1v) is 41.4. The van der Waals surface area contributed by atoms with Gasteiger partial charge in [0.25, 0.3) is 0 Å². The molecule has 0 saturated carbocycles. The summed E-state index contributed by atoms with van der Waals surface area (Å²) in [7, 11) is 0. The molecule has 0 heterocycles. The maximum absolute atomic E-state index is 2.59. The molecule has 0 bridgehead atoms. The van der Waals surface area contributed by atoms with Gasteiger partial charge in [-0.25, -0.2) is 0 Å². The molecule has 19 aromatic carbocycles. The molecule has 118 heavy (non-hydrogen) atoms. The minimum atomic E-state index is -0.672. The lowest BCUT2D eigenvalue weighted by Crippen LogP contribution is -2.28. The molecular formula is C116H80N2. The lowest BCUT2D eigenvalue weighted by Gasteiger charge is -2.35. The monoisotopic (exact) mass is 1500 g/mol. The Morgan fingerprint density at radius 1 is 0.161 bits per heavy atom. The van der Waals surface area contributed by atoms with E-state index in [1.807, 2.05) is 0 Å². The first kappa shape index (κ1) is 68.9. The van der Waals surface area contributed by atoms with Gasteiger partial charge in [0, 0.05) is 39.5 Å². The summed E-state index contributed by atoms with van der Waals surface area (Å²) in [6.07, 6.45) is 0. The molecule has 23 rings (SSSR count). The summed E-state index contributed by atoms with van der Waals surface area (Å²) < 4.78 is 0. The molecule has 0 unspecified atom stereocenters. The predicted octanol–water partition coefficient (Wildman–Crippen LogP) is 29.7. The van der Waals surface area contributed by atoms with Crippen LogP contribution in [0.5, 0.6) is 0 Å². The first-order chi connectivity index (χ1) is 58.3. The highest BCUT2D eigenvalue weighted by Crippen LogP contribution is 2.63. The second-order valence-corrected chi connectivity index (χ2v) is 32.8. The van der Waals surface area contributed by atoms with E-state index in [0.29, 0.717) is 0 Å². The highest BCUT2D eigenvalue weighted by atomic mass is 15.1. The van der Waals surface area contributed by atoms with Gasteiger partial charge in [0.15, 0.2) is 0 Å². The maximum atomic E-state index is 2.59. The SMILES string of the molecule is CC1(C)c2ccccc2-c2ccc(N(c3ccccc3)c3ccc4c(-c5ccc6c(c5)C(c5ccccc5)(c5ccccc5)c5ccccc5-6)c5cc(N(c6ccccc6)c6ccc7c(c6)C(c6ccccc6)(c6ccccc6)c6ccccc6-7)ccc5c(-c5ccc6c(c5)C(c5ccccc5)(c5ccccc5)c5ccccc5-6)c4c3)cc21. The Balaban J connectivity index is 0.847. The van der Waals surface area contributed by atoms with Crippen LogP contribution in [0.25, 0.3) is 88.3 Å². The lowest BCUT2D eigenvalue weighted by molar-refractivity contribution is 0.660. The van der Waals surface area contributed by atoms with E-state index in [2.05, 4.69) is 473 Å². The van der Waals surface area contributed by atoms with Crippen LogP contribution >= 0.6 is 0 Å². The first-order valence-electron chi connectivity index (χ1n) is 41.4. The van der Waals surface area contributed by atoms with E-state index in [0.717, 1.165) is 77.9 Å². The summed E-state index contributed by atoms with van der Waals surface area (Å²) in [6, 6.07) is 170. The van der Waals surface area contributed by atoms with Gasteiger partial charge in [-0.15, -0.1) is 0 Å². The fourth-order valence-electron chi connectivity index (χ4n) is 21.8. The van der Waals surface area contributed by atoms with Crippen LogP contribution in [0.3, 0.4) is 0 Å². The zero-order chi connectivity index (χ0) is 78.3. The molecule has 2 heteroatoms. The number of benzene rings is 19. The summed E-state index contributed by atoms with van der Waals surface area (Å²) in [6.45, 7) is 4.78. The molecule has 19 aromatic rings. The third-order valence-corrected chi connectivity index (χ3v) is 26.6. The highest BCUT2D eigenvalue weighted by Gasteiger charge is 2.50. The second-order valence-electron chi connectivity index (χ2n) is 32.8. The summed E-state index contributed by atoms with van der Waals surface area (Å²) in [5.74, 6) is 0. The summed E-state index contributed by atoms with van der Waals surface area (Å²) in [5, 5.41) is 4.55. The average molecular weight is 1500 g/mol. The molecule has 2 nitrogen and oxygen atoms in total. The Labute approximate surface area is 689 Å². The Kier molecular flexibility index (Phi) is 15.7. The number of para-hydroxylation sites is 2. The second kappa shape index (κ2) is 27.0. The Morgan fingerprint density at radius 2 is 0.398 bits per heavy atom. The number of nitrogens with zero attached hydrogens (tertiary/aromatic N) is 2. The standard InChI is InChI=1S/C116H80N2/c1-113(2)103-55-31-27-51-91(103)95-67-61-89(75-107(95)113)117(85-47-23-9-24-48-85)87-63-69-99-101(73-87)111(77-59-65-96-92-52-28-32-56-104(92)114(108(96)71-77,79-35-11-3-12-36-79)80-37-13-4-14-38-80)100-70-64-88(74-102(100)112(99)78-60-66-97-93-53-29-33-57-105(93)115(109(97)72-78,81-39-15-5-16-40-81)82-41-17-6-18-42-82)118(86-49-25-10-26-50-86)90-62-68-98-94-54-30-34-58-106(94)116(110(98)76-90,83-43-19-7-20-44-83)84-45-21-8-22-46-84/h3-76H,1-2H3.